The fraction of sp³-hybridized carbons (Fsp3) is 0.200. The van der Waals surface area contributed by atoms with Gasteiger partial charge in [-0.2, -0.15) is 0 Å². The maximum atomic E-state index is 13.7. The molecule has 0 aliphatic carbocycles. The molecule has 0 spiro atoms. The van der Waals surface area contributed by atoms with E-state index in [2.05, 4.69) is 25.5 Å². The molecule has 7 heteroatoms. The van der Waals surface area contributed by atoms with Gasteiger partial charge in [-0.3, -0.25) is 0 Å². The fourth-order valence-electron chi connectivity index (χ4n) is 1.41. The highest BCUT2D eigenvalue weighted by Crippen LogP contribution is 2.25. The minimum Gasteiger partial charge on any atom is -0.322 e. The number of rotatable bonds is 3. The van der Waals surface area contributed by atoms with Crippen LogP contribution in [0.15, 0.2) is 22.0 Å². The van der Waals surface area contributed by atoms with Gasteiger partial charge in [0.2, 0.25) is 0 Å². The molecule has 2 N–H and O–H groups in total. The van der Waals surface area contributed by atoms with Crippen LogP contribution in [-0.4, -0.2) is 9.59 Å². The largest absolute Gasteiger partial charge is 0.322 e. The van der Waals surface area contributed by atoms with E-state index in [-0.39, 0.29) is 16.5 Å². The highest BCUT2D eigenvalue weighted by molar-refractivity contribution is 9.10. The van der Waals surface area contributed by atoms with Gasteiger partial charge in [0.15, 0.2) is 0 Å². The third-order valence-electron chi connectivity index (χ3n) is 2.32. The fourth-order valence-corrected chi connectivity index (χ4v) is 2.30. The van der Waals surface area contributed by atoms with Crippen LogP contribution in [0.25, 0.3) is 0 Å². The molecule has 2 aromatic rings. The lowest BCUT2D eigenvalue weighted by molar-refractivity contribution is 0.533. The van der Waals surface area contributed by atoms with Crippen LogP contribution in [0.2, 0.25) is 0 Å². The summed E-state index contributed by atoms with van der Waals surface area (Å²) in [5.74, 6) is -1.23. The average Bonchev–Trinajstić information content (AvgIpc) is 2.83. The highest BCUT2D eigenvalue weighted by atomic mass is 79.9. The minimum atomic E-state index is -0.622. The summed E-state index contributed by atoms with van der Waals surface area (Å²) in [6.45, 7) is 0. The van der Waals surface area contributed by atoms with Crippen molar-refractivity contribution in [2.45, 2.75) is 12.5 Å². The number of hydrogen-bond acceptors (Lipinski definition) is 4. The number of hydrogen-bond donors (Lipinski definition) is 1. The Bertz CT molecular complexity index is 519. The summed E-state index contributed by atoms with van der Waals surface area (Å²) in [5, 5.41) is 5.45. The van der Waals surface area contributed by atoms with Gasteiger partial charge in [0.25, 0.3) is 0 Å². The van der Waals surface area contributed by atoms with Gasteiger partial charge in [0.1, 0.15) is 11.6 Å². The maximum Gasteiger partial charge on any atom is 0.143 e. The predicted molar refractivity (Wildman–Crippen MR) is 64.6 cm³/mol. The zero-order valence-corrected chi connectivity index (χ0v) is 10.9. The first-order chi connectivity index (χ1) is 8.09. The van der Waals surface area contributed by atoms with Crippen LogP contribution < -0.4 is 5.73 Å². The molecule has 2 rings (SSSR count). The van der Waals surface area contributed by atoms with Crippen molar-refractivity contribution in [3.05, 3.63) is 44.9 Å². The molecule has 3 nitrogen and oxygen atoms in total. The predicted octanol–water partition coefficient (Wildman–Crippen LogP) is 2.82. The first-order valence-electron chi connectivity index (χ1n) is 4.74. The number of halogens is 3. The van der Waals surface area contributed by atoms with Crippen LogP contribution in [0.1, 0.15) is 17.3 Å². The van der Waals surface area contributed by atoms with Crippen molar-refractivity contribution in [2.24, 2.45) is 5.73 Å². The summed E-state index contributed by atoms with van der Waals surface area (Å²) in [6, 6.07) is 1.96. The summed E-state index contributed by atoms with van der Waals surface area (Å²) < 4.78 is 31.1. The Labute approximate surface area is 109 Å². The monoisotopic (exact) mass is 319 g/mol. The first-order valence-corrected chi connectivity index (χ1v) is 6.37. The summed E-state index contributed by atoms with van der Waals surface area (Å²) in [4.78, 5) is 0. The second-order valence-corrected chi connectivity index (χ2v) is 4.93. The molecule has 0 saturated carbocycles. The van der Waals surface area contributed by atoms with Crippen LogP contribution in [0.4, 0.5) is 8.78 Å². The van der Waals surface area contributed by atoms with Crippen LogP contribution >= 0.6 is 27.5 Å². The van der Waals surface area contributed by atoms with Crippen molar-refractivity contribution in [2.75, 3.05) is 0 Å². The molecule has 17 heavy (non-hydrogen) atoms. The highest BCUT2D eigenvalue weighted by Gasteiger charge is 2.17. The van der Waals surface area contributed by atoms with Gasteiger partial charge < -0.3 is 5.73 Å². The van der Waals surface area contributed by atoms with E-state index in [1.54, 1.807) is 5.38 Å². The minimum absolute atomic E-state index is 0.0418. The molecule has 0 aliphatic heterocycles. The van der Waals surface area contributed by atoms with E-state index >= 15 is 0 Å². The van der Waals surface area contributed by atoms with Gasteiger partial charge >= 0.3 is 0 Å². The standard InChI is InChI=1S/C10H8BrF2N3S/c11-6-1-2-7(12)5(10(6)13)3-8(14)9-4-17-16-15-9/h1-2,4,8H,3,14H2. The van der Waals surface area contributed by atoms with Gasteiger partial charge in [0, 0.05) is 10.9 Å². The molecule has 0 bridgehead atoms. The van der Waals surface area contributed by atoms with Crippen molar-refractivity contribution in [3.63, 3.8) is 0 Å². The zero-order valence-electron chi connectivity index (χ0n) is 8.53. The van der Waals surface area contributed by atoms with E-state index < -0.39 is 17.7 Å². The Morgan fingerprint density at radius 3 is 2.82 bits per heavy atom. The maximum absolute atomic E-state index is 13.7. The summed E-state index contributed by atoms with van der Waals surface area (Å²) in [5.41, 5.74) is 6.31. The molecular weight excluding hydrogens is 312 g/mol. The van der Waals surface area contributed by atoms with Crippen molar-refractivity contribution in [3.8, 4) is 0 Å². The quantitative estimate of drug-likeness (QED) is 0.885. The van der Waals surface area contributed by atoms with Gasteiger partial charge in [-0.15, -0.1) is 5.10 Å². The molecule has 1 aromatic carbocycles. The summed E-state index contributed by atoms with van der Waals surface area (Å²) >= 11 is 4.16. The van der Waals surface area contributed by atoms with E-state index in [4.69, 9.17) is 5.73 Å². The second kappa shape index (κ2) is 5.16. The molecule has 90 valence electrons. The van der Waals surface area contributed by atoms with Gasteiger partial charge in [-0.25, -0.2) is 8.78 Å². The Morgan fingerprint density at radius 2 is 2.18 bits per heavy atom. The Hall–Kier alpha value is -0.920. The molecule has 0 fully saturated rings. The van der Waals surface area contributed by atoms with Crippen molar-refractivity contribution in [1.82, 2.24) is 9.59 Å². The van der Waals surface area contributed by atoms with Crippen molar-refractivity contribution in [1.29, 1.82) is 0 Å². The van der Waals surface area contributed by atoms with Crippen LogP contribution in [0, 0.1) is 11.6 Å². The third-order valence-corrected chi connectivity index (χ3v) is 3.46. The molecule has 0 radical (unpaired) electrons. The van der Waals surface area contributed by atoms with E-state index in [0.717, 1.165) is 11.5 Å². The Balaban J connectivity index is 2.27. The van der Waals surface area contributed by atoms with Crippen LogP contribution in [0.5, 0.6) is 0 Å². The average molecular weight is 320 g/mol. The number of nitrogens with zero attached hydrogens (tertiary/aromatic N) is 2. The SMILES string of the molecule is NC(Cc1c(F)ccc(Br)c1F)c1csnn1. The van der Waals surface area contributed by atoms with E-state index in [1.807, 2.05) is 0 Å². The lowest BCUT2D eigenvalue weighted by Crippen LogP contribution is -2.15. The van der Waals surface area contributed by atoms with E-state index in [1.165, 1.54) is 12.1 Å². The molecule has 1 atom stereocenters. The Morgan fingerprint density at radius 1 is 1.41 bits per heavy atom. The zero-order chi connectivity index (χ0) is 12.4. The molecular formula is C10H8BrF2N3S. The lowest BCUT2D eigenvalue weighted by Gasteiger charge is -2.10. The molecule has 1 unspecified atom stereocenters. The summed E-state index contributed by atoms with van der Waals surface area (Å²) in [6.07, 6.45) is 0.0442. The van der Waals surface area contributed by atoms with E-state index in [9.17, 15) is 8.78 Å². The molecule has 0 saturated heterocycles. The van der Waals surface area contributed by atoms with Crippen molar-refractivity contribution < 1.29 is 8.78 Å². The van der Waals surface area contributed by atoms with Gasteiger partial charge in [-0.05, 0) is 46.0 Å². The molecule has 1 aromatic heterocycles. The smallest absolute Gasteiger partial charge is 0.143 e. The van der Waals surface area contributed by atoms with Gasteiger partial charge in [-0.1, -0.05) is 4.49 Å². The van der Waals surface area contributed by atoms with E-state index in [0.29, 0.717) is 5.69 Å². The third kappa shape index (κ3) is 2.67. The first kappa shape index (κ1) is 12.5. The van der Waals surface area contributed by atoms with Crippen LogP contribution in [0.3, 0.4) is 0 Å². The normalized spacial score (nSPS) is 12.7. The number of nitrogens with two attached hydrogens (primary N) is 1. The lowest BCUT2D eigenvalue weighted by atomic mass is 10.0. The number of aromatic nitrogens is 2. The summed E-state index contributed by atoms with van der Waals surface area (Å²) in [7, 11) is 0. The van der Waals surface area contributed by atoms with Gasteiger partial charge in [0.05, 0.1) is 16.2 Å². The molecule has 1 heterocycles. The van der Waals surface area contributed by atoms with Crippen LogP contribution in [-0.2, 0) is 6.42 Å². The number of benzene rings is 1. The second-order valence-electron chi connectivity index (χ2n) is 3.46. The Kier molecular flexibility index (Phi) is 3.80. The van der Waals surface area contributed by atoms with Crippen molar-refractivity contribution >= 4 is 27.5 Å². The molecule has 0 amide bonds. The molecule has 0 aliphatic rings. The topological polar surface area (TPSA) is 51.8 Å².